The Morgan fingerprint density at radius 3 is 2.78 bits per heavy atom. The van der Waals surface area contributed by atoms with Crippen LogP contribution >= 0.6 is 0 Å². The number of hydrazine groups is 1. The molecule has 1 aromatic rings. The highest BCUT2D eigenvalue weighted by Gasteiger charge is 2.25. The molecule has 6 nitrogen and oxygen atoms in total. The zero-order chi connectivity index (χ0) is 12.5. The summed E-state index contributed by atoms with van der Waals surface area (Å²) in [5, 5.41) is 11.2. The van der Waals surface area contributed by atoms with E-state index < -0.39 is 6.29 Å². The van der Waals surface area contributed by atoms with E-state index in [0.29, 0.717) is 11.5 Å². The van der Waals surface area contributed by atoms with E-state index in [-0.39, 0.29) is 6.61 Å². The van der Waals surface area contributed by atoms with Crippen molar-refractivity contribution in [2.75, 3.05) is 37.7 Å². The molecule has 6 heteroatoms. The molecule has 98 valence electrons. The number of hydrogen-bond acceptors (Lipinski definition) is 6. The average Bonchev–Trinajstić information content (AvgIpc) is 2.38. The number of nitrogens with two attached hydrogens (primary N) is 1. The molecule has 1 aromatic carbocycles. The summed E-state index contributed by atoms with van der Waals surface area (Å²) in [4.78, 5) is 2.23. The molecule has 1 fully saturated rings. The number of para-hydroxylation sites is 1. The zero-order valence-electron chi connectivity index (χ0n) is 10.1. The third kappa shape index (κ3) is 2.10. The molecule has 0 saturated carbocycles. The van der Waals surface area contributed by atoms with E-state index in [4.69, 9.17) is 15.3 Å². The lowest BCUT2D eigenvalue weighted by Crippen LogP contribution is -2.49. The smallest absolute Gasteiger partial charge is 0.232 e. The lowest BCUT2D eigenvalue weighted by molar-refractivity contribution is -0.0667. The minimum Gasteiger partial charge on any atom is -0.481 e. The molecule has 1 saturated heterocycles. The molecule has 0 radical (unpaired) electrons. The largest absolute Gasteiger partial charge is 0.481 e. The Labute approximate surface area is 105 Å². The minimum absolute atomic E-state index is 0.168. The van der Waals surface area contributed by atoms with Crippen molar-refractivity contribution in [3.05, 3.63) is 18.2 Å². The van der Waals surface area contributed by atoms with Crippen LogP contribution in [0.4, 0.5) is 5.69 Å². The van der Waals surface area contributed by atoms with Gasteiger partial charge in [-0.05, 0) is 12.1 Å². The van der Waals surface area contributed by atoms with Gasteiger partial charge in [-0.3, -0.25) is 5.84 Å². The van der Waals surface area contributed by atoms with Gasteiger partial charge in [0.25, 0.3) is 0 Å². The average molecular weight is 251 g/mol. The quantitative estimate of drug-likeness (QED) is 0.672. The van der Waals surface area contributed by atoms with Crippen molar-refractivity contribution >= 4 is 5.69 Å². The second-order valence-corrected chi connectivity index (χ2v) is 4.51. The SMILES string of the molecule is NN1CCN(c2cccc3c2OCC(O)O3)CC1. The molecule has 0 aromatic heterocycles. The third-order valence-corrected chi connectivity index (χ3v) is 3.25. The van der Waals surface area contributed by atoms with Crippen molar-refractivity contribution in [3.8, 4) is 11.5 Å². The van der Waals surface area contributed by atoms with Gasteiger partial charge in [0.1, 0.15) is 0 Å². The molecule has 1 atom stereocenters. The standard InChI is InChI=1S/C12H17N3O3/c13-15-6-4-14(5-7-15)9-2-1-3-10-12(9)17-8-11(16)18-10/h1-3,11,16H,4-8,13H2. The second kappa shape index (κ2) is 4.64. The van der Waals surface area contributed by atoms with Crippen LogP contribution in [0.2, 0.25) is 0 Å². The molecule has 0 bridgehead atoms. The molecule has 2 heterocycles. The molecule has 0 spiro atoms. The van der Waals surface area contributed by atoms with Crippen molar-refractivity contribution in [2.45, 2.75) is 6.29 Å². The lowest BCUT2D eigenvalue weighted by atomic mass is 10.2. The van der Waals surface area contributed by atoms with E-state index in [1.807, 2.05) is 17.1 Å². The molecule has 18 heavy (non-hydrogen) atoms. The second-order valence-electron chi connectivity index (χ2n) is 4.51. The van der Waals surface area contributed by atoms with E-state index >= 15 is 0 Å². The summed E-state index contributed by atoms with van der Waals surface area (Å²) in [6.45, 7) is 3.54. The van der Waals surface area contributed by atoms with Crippen molar-refractivity contribution in [3.63, 3.8) is 0 Å². The Morgan fingerprint density at radius 1 is 1.22 bits per heavy atom. The highest BCUT2D eigenvalue weighted by Crippen LogP contribution is 2.40. The van der Waals surface area contributed by atoms with Gasteiger partial charge in [0.15, 0.2) is 18.1 Å². The van der Waals surface area contributed by atoms with Crippen LogP contribution in [0.1, 0.15) is 0 Å². The van der Waals surface area contributed by atoms with Gasteiger partial charge >= 0.3 is 0 Å². The zero-order valence-corrected chi connectivity index (χ0v) is 10.1. The summed E-state index contributed by atoms with van der Waals surface area (Å²) >= 11 is 0. The third-order valence-electron chi connectivity index (χ3n) is 3.25. The van der Waals surface area contributed by atoms with Crippen LogP contribution in [0, 0.1) is 0 Å². The van der Waals surface area contributed by atoms with Gasteiger partial charge < -0.3 is 19.5 Å². The Balaban J connectivity index is 1.86. The number of aliphatic hydroxyl groups is 1. The molecule has 3 N–H and O–H groups in total. The van der Waals surface area contributed by atoms with Gasteiger partial charge in [0, 0.05) is 26.2 Å². The number of nitrogens with zero attached hydrogens (tertiary/aromatic N) is 2. The van der Waals surface area contributed by atoms with Gasteiger partial charge in [-0.15, -0.1) is 0 Å². The molecular formula is C12H17N3O3. The molecule has 2 aliphatic rings. The predicted molar refractivity (Wildman–Crippen MR) is 66.5 cm³/mol. The Hall–Kier alpha value is -1.50. The van der Waals surface area contributed by atoms with E-state index in [1.165, 1.54) is 0 Å². The van der Waals surface area contributed by atoms with Crippen LogP contribution in [0.25, 0.3) is 0 Å². The van der Waals surface area contributed by atoms with Crippen molar-refractivity contribution < 1.29 is 14.6 Å². The molecule has 0 aliphatic carbocycles. The molecular weight excluding hydrogens is 234 g/mol. The van der Waals surface area contributed by atoms with Crippen LogP contribution in [0.15, 0.2) is 18.2 Å². The topological polar surface area (TPSA) is 71.2 Å². The summed E-state index contributed by atoms with van der Waals surface area (Å²) in [5.41, 5.74) is 1.01. The van der Waals surface area contributed by atoms with Crippen molar-refractivity contribution in [1.82, 2.24) is 5.01 Å². The lowest BCUT2D eigenvalue weighted by Gasteiger charge is -2.35. The number of rotatable bonds is 1. The Kier molecular flexibility index (Phi) is 2.99. The maximum atomic E-state index is 9.41. The van der Waals surface area contributed by atoms with Crippen LogP contribution in [-0.2, 0) is 0 Å². The predicted octanol–water partition coefficient (Wildman–Crippen LogP) is -0.228. The number of aliphatic hydroxyl groups excluding tert-OH is 1. The van der Waals surface area contributed by atoms with Gasteiger partial charge in [0.2, 0.25) is 6.29 Å². The molecule has 0 amide bonds. The normalized spacial score (nSPS) is 24.1. The van der Waals surface area contributed by atoms with Crippen LogP contribution in [-0.4, -0.2) is 49.2 Å². The molecule has 3 rings (SSSR count). The van der Waals surface area contributed by atoms with Crippen LogP contribution in [0.5, 0.6) is 11.5 Å². The number of anilines is 1. The summed E-state index contributed by atoms with van der Waals surface area (Å²) in [6.07, 6.45) is -0.881. The monoisotopic (exact) mass is 251 g/mol. The number of ether oxygens (including phenoxy) is 2. The van der Waals surface area contributed by atoms with Gasteiger partial charge in [-0.25, -0.2) is 5.01 Å². The number of fused-ring (bicyclic) bond motifs is 1. The molecule has 1 unspecified atom stereocenters. The first-order valence-corrected chi connectivity index (χ1v) is 6.09. The fourth-order valence-corrected chi connectivity index (χ4v) is 2.29. The van der Waals surface area contributed by atoms with Crippen LogP contribution < -0.4 is 20.2 Å². The first-order valence-electron chi connectivity index (χ1n) is 6.09. The molecule has 2 aliphatic heterocycles. The fourth-order valence-electron chi connectivity index (χ4n) is 2.29. The van der Waals surface area contributed by atoms with E-state index in [2.05, 4.69) is 4.90 Å². The summed E-state index contributed by atoms with van der Waals surface area (Å²) < 4.78 is 10.9. The summed E-state index contributed by atoms with van der Waals surface area (Å²) in [6, 6.07) is 5.72. The summed E-state index contributed by atoms with van der Waals surface area (Å²) in [5.74, 6) is 7.06. The minimum atomic E-state index is -0.881. The van der Waals surface area contributed by atoms with Crippen molar-refractivity contribution in [1.29, 1.82) is 0 Å². The maximum absolute atomic E-state index is 9.41. The van der Waals surface area contributed by atoms with E-state index in [9.17, 15) is 5.11 Å². The first-order chi connectivity index (χ1) is 8.74. The number of hydrogen-bond donors (Lipinski definition) is 2. The van der Waals surface area contributed by atoms with Crippen LogP contribution in [0.3, 0.4) is 0 Å². The highest BCUT2D eigenvalue weighted by atomic mass is 16.7. The maximum Gasteiger partial charge on any atom is 0.232 e. The number of piperazine rings is 1. The first kappa shape index (κ1) is 11.6. The van der Waals surface area contributed by atoms with Crippen molar-refractivity contribution in [2.24, 2.45) is 5.84 Å². The van der Waals surface area contributed by atoms with Gasteiger partial charge in [0.05, 0.1) is 5.69 Å². The van der Waals surface area contributed by atoms with E-state index in [1.54, 1.807) is 6.07 Å². The Morgan fingerprint density at radius 2 is 2.00 bits per heavy atom. The van der Waals surface area contributed by atoms with E-state index in [0.717, 1.165) is 31.9 Å². The van der Waals surface area contributed by atoms with Gasteiger partial charge in [-0.1, -0.05) is 6.07 Å². The number of benzene rings is 1. The fraction of sp³-hybridized carbons (Fsp3) is 0.500. The Bertz CT molecular complexity index is 433. The highest BCUT2D eigenvalue weighted by molar-refractivity contribution is 5.65. The van der Waals surface area contributed by atoms with Gasteiger partial charge in [-0.2, -0.15) is 0 Å². The summed E-state index contributed by atoms with van der Waals surface area (Å²) in [7, 11) is 0.